The Kier molecular flexibility index (Phi) is 6.42. The van der Waals surface area contributed by atoms with E-state index >= 15 is 0 Å². The Hall–Kier alpha value is -0.610. The fraction of sp³-hybridized carbons (Fsp3) is 0.818. The highest BCUT2D eigenvalue weighted by Gasteiger charge is 2.07. The summed E-state index contributed by atoms with van der Waals surface area (Å²) < 4.78 is 1.80. The number of rotatable bonds is 8. The molecule has 5 heteroatoms. The van der Waals surface area contributed by atoms with Gasteiger partial charge in [0.05, 0.1) is 6.54 Å². The smallest absolute Gasteiger partial charge is 0.140 e. The molecule has 1 atom stereocenters. The van der Waals surface area contributed by atoms with Crippen molar-refractivity contribution >= 4 is 11.6 Å². The van der Waals surface area contributed by atoms with Gasteiger partial charge >= 0.3 is 0 Å². The quantitative estimate of drug-likeness (QED) is 0.711. The summed E-state index contributed by atoms with van der Waals surface area (Å²) >= 11 is 5.78. The second-order valence-electron chi connectivity index (χ2n) is 4.06. The van der Waals surface area contributed by atoms with Gasteiger partial charge in [-0.05, 0) is 25.3 Å². The minimum absolute atomic E-state index is 0.677. The van der Waals surface area contributed by atoms with E-state index in [0.29, 0.717) is 5.92 Å². The van der Waals surface area contributed by atoms with Gasteiger partial charge in [-0.3, -0.25) is 4.68 Å². The molecule has 0 aromatic carbocycles. The fourth-order valence-corrected chi connectivity index (χ4v) is 2.09. The van der Waals surface area contributed by atoms with Gasteiger partial charge in [0.15, 0.2) is 0 Å². The first-order valence-corrected chi connectivity index (χ1v) is 6.41. The molecule has 0 aliphatic carbocycles. The highest BCUT2D eigenvalue weighted by atomic mass is 35.5. The fourth-order valence-electron chi connectivity index (χ4n) is 1.78. The van der Waals surface area contributed by atoms with Crippen LogP contribution in [0.3, 0.4) is 0 Å². The van der Waals surface area contributed by atoms with Crippen LogP contribution in [0.5, 0.6) is 0 Å². The van der Waals surface area contributed by atoms with Gasteiger partial charge in [-0.2, -0.15) is 5.10 Å². The van der Waals surface area contributed by atoms with E-state index in [1.165, 1.54) is 12.8 Å². The van der Waals surface area contributed by atoms with Crippen LogP contribution in [0.1, 0.15) is 32.0 Å². The van der Waals surface area contributed by atoms with E-state index in [-0.39, 0.29) is 0 Å². The highest BCUT2D eigenvalue weighted by Crippen LogP contribution is 2.11. The summed E-state index contributed by atoms with van der Waals surface area (Å²) in [4.78, 5) is 4.17. The summed E-state index contributed by atoms with van der Waals surface area (Å²) in [5, 5.41) is 7.45. The molecule has 1 aromatic rings. The molecule has 0 fully saturated rings. The summed E-state index contributed by atoms with van der Waals surface area (Å²) in [6, 6.07) is 0. The standard InChI is InChI=1S/C11H21ClN4/c1-3-4-10(5-6-12)7-13-8-11-14-9-15-16(11)2/h9-10,13H,3-8H2,1-2H3. The normalized spacial score (nSPS) is 12.9. The van der Waals surface area contributed by atoms with Crippen molar-refractivity contribution in [2.75, 3.05) is 12.4 Å². The molecule has 0 aliphatic rings. The predicted octanol–water partition coefficient (Wildman–Crippen LogP) is 1.95. The molecule has 1 N–H and O–H groups in total. The third-order valence-electron chi connectivity index (χ3n) is 2.74. The number of halogens is 1. The molecule has 1 rings (SSSR count). The molecule has 0 radical (unpaired) electrons. The van der Waals surface area contributed by atoms with Crippen molar-refractivity contribution < 1.29 is 0 Å². The highest BCUT2D eigenvalue weighted by molar-refractivity contribution is 6.17. The molecule has 0 bridgehead atoms. The Morgan fingerprint density at radius 2 is 2.31 bits per heavy atom. The molecule has 92 valence electrons. The lowest BCUT2D eigenvalue weighted by molar-refractivity contribution is 0.425. The SMILES string of the molecule is CCCC(CCCl)CNCc1ncnn1C. The Bertz CT molecular complexity index is 281. The number of hydrogen-bond donors (Lipinski definition) is 1. The predicted molar refractivity (Wildman–Crippen MR) is 66.4 cm³/mol. The van der Waals surface area contributed by atoms with Gasteiger partial charge in [0.25, 0.3) is 0 Å². The Morgan fingerprint density at radius 3 is 2.88 bits per heavy atom. The first-order valence-electron chi connectivity index (χ1n) is 5.87. The van der Waals surface area contributed by atoms with Crippen molar-refractivity contribution in [1.82, 2.24) is 20.1 Å². The largest absolute Gasteiger partial charge is 0.310 e. The van der Waals surface area contributed by atoms with E-state index in [1.54, 1.807) is 11.0 Å². The van der Waals surface area contributed by atoms with Crippen LogP contribution in [0, 0.1) is 5.92 Å². The van der Waals surface area contributed by atoms with E-state index in [4.69, 9.17) is 11.6 Å². The minimum atomic E-state index is 0.677. The molecule has 1 heterocycles. The van der Waals surface area contributed by atoms with E-state index in [1.807, 2.05) is 7.05 Å². The molecule has 0 saturated heterocycles. The number of alkyl halides is 1. The molecule has 0 spiro atoms. The van der Waals surface area contributed by atoms with Gasteiger partial charge in [-0.25, -0.2) is 4.98 Å². The zero-order valence-electron chi connectivity index (χ0n) is 10.1. The van der Waals surface area contributed by atoms with E-state index < -0.39 is 0 Å². The van der Waals surface area contributed by atoms with Crippen molar-refractivity contribution in [2.24, 2.45) is 13.0 Å². The van der Waals surface area contributed by atoms with Crippen LogP contribution >= 0.6 is 11.6 Å². The Balaban J connectivity index is 2.24. The lowest BCUT2D eigenvalue weighted by Gasteiger charge is -2.15. The Morgan fingerprint density at radius 1 is 1.50 bits per heavy atom. The average Bonchev–Trinajstić information content (AvgIpc) is 2.65. The summed E-state index contributed by atoms with van der Waals surface area (Å²) in [5.74, 6) is 2.40. The molecule has 0 saturated carbocycles. The van der Waals surface area contributed by atoms with Crippen LogP contribution in [0.15, 0.2) is 6.33 Å². The third kappa shape index (κ3) is 4.49. The lowest BCUT2D eigenvalue weighted by atomic mass is 10.0. The van der Waals surface area contributed by atoms with Crippen LogP contribution < -0.4 is 5.32 Å². The van der Waals surface area contributed by atoms with Gasteiger partial charge in [-0.15, -0.1) is 11.6 Å². The van der Waals surface area contributed by atoms with Crippen LogP contribution in [0.2, 0.25) is 0 Å². The van der Waals surface area contributed by atoms with Gasteiger partial charge in [0.2, 0.25) is 0 Å². The Labute approximate surface area is 102 Å². The molecule has 1 unspecified atom stereocenters. The molecular weight excluding hydrogens is 224 g/mol. The topological polar surface area (TPSA) is 42.7 Å². The monoisotopic (exact) mass is 244 g/mol. The number of aryl methyl sites for hydroxylation is 1. The summed E-state index contributed by atoms with van der Waals surface area (Å²) in [6.45, 7) is 4.00. The summed E-state index contributed by atoms with van der Waals surface area (Å²) in [6.07, 6.45) is 5.12. The second kappa shape index (κ2) is 7.63. The van der Waals surface area contributed by atoms with Crippen molar-refractivity contribution in [1.29, 1.82) is 0 Å². The van der Waals surface area contributed by atoms with Crippen LogP contribution in [-0.2, 0) is 13.6 Å². The number of aromatic nitrogens is 3. The minimum Gasteiger partial charge on any atom is -0.310 e. The number of nitrogens with zero attached hydrogens (tertiary/aromatic N) is 3. The molecule has 0 aliphatic heterocycles. The van der Waals surface area contributed by atoms with Gasteiger partial charge in [0.1, 0.15) is 12.2 Å². The third-order valence-corrected chi connectivity index (χ3v) is 2.95. The first-order chi connectivity index (χ1) is 7.77. The van der Waals surface area contributed by atoms with Gasteiger partial charge in [0, 0.05) is 12.9 Å². The van der Waals surface area contributed by atoms with E-state index in [9.17, 15) is 0 Å². The molecule has 16 heavy (non-hydrogen) atoms. The van der Waals surface area contributed by atoms with Crippen molar-refractivity contribution in [3.63, 3.8) is 0 Å². The van der Waals surface area contributed by atoms with Gasteiger partial charge < -0.3 is 5.32 Å². The van der Waals surface area contributed by atoms with Crippen molar-refractivity contribution in [2.45, 2.75) is 32.7 Å². The summed E-state index contributed by atoms with van der Waals surface area (Å²) in [7, 11) is 1.91. The lowest BCUT2D eigenvalue weighted by Crippen LogP contribution is -2.24. The average molecular weight is 245 g/mol. The van der Waals surface area contributed by atoms with Crippen LogP contribution in [-0.4, -0.2) is 27.2 Å². The van der Waals surface area contributed by atoms with Crippen molar-refractivity contribution in [3.8, 4) is 0 Å². The van der Waals surface area contributed by atoms with Crippen molar-refractivity contribution in [3.05, 3.63) is 12.2 Å². The summed E-state index contributed by atoms with van der Waals surface area (Å²) in [5.41, 5.74) is 0. The second-order valence-corrected chi connectivity index (χ2v) is 4.44. The number of hydrogen-bond acceptors (Lipinski definition) is 3. The van der Waals surface area contributed by atoms with E-state index in [0.717, 1.165) is 31.2 Å². The molecule has 1 aromatic heterocycles. The molecule has 0 amide bonds. The molecule has 4 nitrogen and oxygen atoms in total. The van der Waals surface area contributed by atoms with Gasteiger partial charge in [-0.1, -0.05) is 13.3 Å². The van der Waals surface area contributed by atoms with Crippen LogP contribution in [0.25, 0.3) is 0 Å². The zero-order valence-corrected chi connectivity index (χ0v) is 10.9. The van der Waals surface area contributed by atoms with E-state index in [2.05, 4.69) is 22.3 Å². The molecular formula is C11H21ClN4. The van der Waals surface area contributed by atoms with Crippen LogP contribution in [0.4, 0.5) is 0 Å². The number of nitrogens with one attached hydrogen (secondary N) is 1. The first kappa shape index (κ1) is 13.5. The maximum atomic E-state index is 5.78. The zero-order chi connectivity index (χ0) is 11.8. The maximum Gasteiger partial charge on any atom is 0.140 e. The maximum absolute atomic E-state index is 5.78.